The highest BCUT2D eigenvalue weighted by Crippen LogP contribution is 2.15. The van der Waals surface area contributed by atoms with Crippen LogP contribution in [0.25, 0.3) is 0 Å². The molecule has 0 aliphatic heterocycles. The van der Waals surface area contributed by atoms with E-state index in [1.54, 1.807) is 30.3 Å². The number of hydrogen-bond donors (Lipinski definition) is 1. The zero-order valence-electron chi connectivity index (χ0n) is 13.0. The normalized spacial score (nSPS) is 15.4. The van der Waals surface area contributed by atoms with Crippen LogP contribution in [0.5, 0.6) is 5.75 Å². The van der Waals surface area contributed by atoms with Gasteiger partial charge in [0.2, 0.25) is 0 Å². The summed E-state index contributed by atoms with van der Waals surface area (Å²) >= 11 is 0. The van der Waals surface area contributed by atoms with Crippen LogP contribution < -0.4 is 10.2 Å². The van der Waals surface area contributed by atoms with E-state index in [2.05, 4.69) is 17.1 Å². The summed E-state index contributed by atoms with van der Waals surface area (Å²) in [5, 5.41) is 4.31. The van der Waals surface area contributed by atoms with Gasteiger partial charge in [0.15, 0.2) is 0 Å². The summed E-state index contributed by atoms with van der Waals surface area (Å²) in [6, 6.07) is 7.04. The number of carbonyl (C=O) groups is 1. The van der Waals surface area contributed by atoms with Crippen molar-refractivity contribution >= 4 is 11.6 Å². The number of rotatable bonds is 5. The Balaban J connectivity index is 1.89. The lowest BCUT2D eigenvalue weighted by molar-refractivity contribution is 0.0954. The van der Waals surface area contributed by atoms with Crippen LogP contribution in [0, 0.1) is 0 Å². The molecule has 0 bridgehead atoms. The van der Waals surface area contributed by atoms with Gasteiger partial charge in [-0.2, -0.15) is 5.10 Å². The van der Waals surface area contributed by atoms with Crippen molar-refractivity contribution in [3.05, 3.63) is 42.5 Å². The van der Waals surface area contributed by atoms with E-state index in [1.807, 2.05) is 0 Å². The number of amides is 1. The van der Waals surface area contributed by atoms with Crippen LogP contribution in [0.4, 0.5) is 0 Å². The average Bonchev–Trinajstić information content (AvgIpc) is 2.52. The highest BCUT2D eigenvalue weighted by Gasteiger charge is 2.08. The molecule has 1 saturated carbocycles. The minimum Gasteiger partial charge on any atom is -0.490 e. The van der Waals surface area contributed by atoms with E-state index in [1.165, 1.54) is 32.1 Å². The van der Waals surface area contributed by atoms with Crippen molar-refractivity contribution < 1.29 is 9.53 Å². The maximum atomic E-state index is 12.1. The molecule has 2 rings (SSSR count). The Morgan fingerprint density at radius 2 is 1.77 bits per heavy atom. The minimum atomic E-state index is -0.176. The van der Waals surface area contributed by atoms with E-state index in [0.717, 1.165) is 24.3 Å². The van der Waals surface area contributed by atoms with Crippen molar-refractivity contribution in [2.75, 3.05) is 6.61 Å². The van der Waals surface area contributed by atoms with E-state index < -0.39 is 0 Å². The second-order valence-corrected chi connectivity index (χ2v) is 5.51. The van der Waals surface area contributed by atoms with Crippen LogP contribution in [0.2, 0.25) is 0 Å². The monoisotopic (exact) mass is 300 g/mol. The highest BCUT2D eigenvalue weighted by atomic mass is 16.5. The SMILES string of the molecule is C=CCOc1ccc(C(=O)NN=C2CCCCCCC2)cc1. The molecule has 0 unspecified atom stereocenters. The van der Waals surface area contributed by atoms with E-state index in [-0.39, 0.29) is 5.91 Å². The number of benzene rings is 1. The lowest BCUT2D eigenvalue weighted by Gasteiger charge is -2.11. The number of ether oxygens (including phenoxy) is 1. The van der Waals surface area contributed by atoms with Crippen molar-refractivity contribution in [1.29, 1.82) is 0 Å². The van der Waals surface area contributed by atoms with Crippen LogP contribution in [-0.2, 0) is 0 Å². The molecular formula is C18H24N2O2. The molecule has 1 aliphatic carbocycles. The Morgan fingerprint density at radius 3 is 2.41 bits per heavy atom. The summed E-state index contributed by atoms with van der Waals surface area (Å²) in [4.78, 5) is 12.1. The summed E-state index contributed by atoms with van der Waals surface area (Å²) in [6.45, 7) is 4.06. The van der Waals surface area contributed by atoms with E-state index in [9.17, 15) is 4.79 Å². The quantitative estimate of drug-likeness (QED) is 0.658. The summed E-state index contributed by atoms with van der Waals surface area (Å²) in [5.74, 6) is 0.549. The molecule has 1 amide bonds. The molecule has 0 aromatic heterocycles. The number of nitrogens with zero attached hydrogens (tertiary/aromatic N) is 1. The maximum absolute atomic E-state index is 12.1. The molecule has 1 N–H and O–H groups in total. The van der Waals surface area contributed by atoms with Crippen LogP contribution in [0.3, 0.4) is 0 Å². The first-order valence-electron chi connectivity index (χ1n) is 7.99. The van der Waals surface area contributed by atoms with Crippen molar-refractivity contribution in [3.8, 4) is 5.75 Å². The van der Waals surface area contributed by atoms with Crippen LogP contribution in [-0.4, -0.2) is 18.2 Å². The predicted molar refractivity (Wildman–Crippen MR) is 89.4 cm³/mol. The Kier molecular flexibility index (Phi) is 6.68. The summed E-state index contributed by atoms with van der Waals surface area (Å²) in [5.41, 5.74) is 4.37. The van der Waals surface area contributed by atoms with Crippen LogP contribution in [0.15, 0.2) is 42.0 Å². The summed E-state index contributed by atoms with van der Waals surface area (Å²) < 4.78 is 5.39. The standard InChI is InChI=1S/C18H24N2O2/c1-2-14-22-17-12-10-15(11-13-17)18(21)20-19-16-8-6-4-3-5-7-9-16/h2,10-13H,1,3-9,14H2,(H,20,21). The summed E-state index contributed by atoms with van der Waals surface area (Å²) in [6.07, 6.45) is 9.86. The second kappa shape index (κ2) is 9.03. The van der Waals surface area contributed by atoms with Crippen molar-refractivity contribution in [3.63, 3.8) is 0 Å². The Morgan fingerprint density at radius 1 is 1.14 bits per heavy atom. The highest BCUT2D eigenvalue weighted by molar-refractivity contribution is 5.95. The fourth-order valence-electron chi connectivity index (χ4n) is 2.48. The largest absolute Gasteiger partial charge is 0.490 e. The van der Waals surface area contributed by atoms with E-state index >= 15 is 0 Å². The first-order valence-corrected chi connectivity index (χ1v) is 7.99. The van der Waals surface area contributed by atoms with Crippen molar-refractivity contribution in [2.24, 2.45) is 5.10 Å². The fraction of sp³-hybridized carbons (Fsp3) is 0.444. The molecule has 0 heterocycles. The van der Waals surface area contributed by atoms with Crippen LogP contribution >= 0.6 is 0 Å². The lowest BCUT2D eigenvalue weighted by atomic mass is 9.99. The van der Waals surface area contributed by atoms with Gasteiger partial charge in [0, 0.05) is 11.3 Å². The van der Waals surface area contributed by atoms with Gasteiger partial charge in [-0.1, -0.05) is 31.9 Å². The first-order chi connectivity index (χ1) is 10.8. The number of nitrogens with one attached hydrogen (secondary N) is 1. The molecule has 0 saturated heterocycles. The molecule has 0 radical (unpaired) electrons. The molecule has 22 heavy (non-hydrogen) atoms. The van der Waals surface area contributed by atoms with Gasteiger partial charge >= 0.3 is 0 Å². The summed E-state index contributed by atoms with van der Waals surface area (Å²) in [7, 11) is 0. The molecular weight excluding hydrogens is 276 g/mol. The minimum absolute atomic E-state index is 0.176. The molecule has 1 fully saturated rings. The number of hydrogen-bond acceptors (Lipinski definition) is 3. The zero-order valence-corrected chi connectivity index (χ0v) is 13.0. The average molecular weight is 300 g/mol. The van der Waals surface area contributed by atoms with Crippen molar-refractivity contribution in [1.82, 2.24) is 5.43 Å². The molecule has 1 aromatic rings. The fourth-order valence-corrected chi connectivity index (χ4v) is 2.48. The van der Waals surface area contributed by atoms with Crippen LogP contribution in [0.1, 0.15) is 55.3 Å². The second-order valence-electron chi connectivity index (χ2n) is 5.51. The van der Waals surface area contributed by atoms with Gasteiger partial charge in [0.25, 0.3) is 5.91 Å². The van der Waals surface area contributed by atoms with Gasteiger partial charge in [-0.15, -0.1) is 0 Å². The Bertz CT molecular complexity index is 510. The van der Waals surface area contributed by atoms with Gasteiger partial charge in [-0.25, -0.2) is 5.43 Å². The van der Waals surface area contributed by atoms with Gasteiger partial charge < -0.3 is 4.74 Å². The zero-order chi connectivity index (χ0) is 15.6. The first kappa shape index (κ1) is 16.3. The molecule has 1 aliphatic rings. The molecule has 0 atom stereocenters. The van der Waals surface area contributed by atoms with Gasteiger partial charge in [-0.05, 0) is 49.9 Å². The third-order valence-electron chi connectivity index (χ3n) is 3.73. The van der Waals surface area contributed by atoms with Gasteiger partial charge in [-0.3, -0.25) is 4.79 Å². The topological polar surface area (TPSA) is 50.7 Å². The molecule has 1 aromatic carbocycles. The third-order valence-corrected chi connectivity index (χ3v) is 3.73. The number of carbonyl (C=O) groups excluding carboxylic acids is 1. The molecule has 0 spiro atoms. The van der Waals surface area contributed by atoms with Gasteiger partial charge in [0.1, 0.15) is 12.4 Å². The smallest absolute Gasteiger partial charge is 0.271 e. The molecule has 4 heteroatoms. The van der Waals surface area contributed by atoms with Crippen molar-refractivity contribution in [2.45, 2.75) is 44.9 Å². The maximum Gasteiger partial charge on any atom is 0.271 e. The van der Waals surface area contributed by atoms with Gasteiger partial charge in [0.05, 0.1) is 0 Å². The molecule has 118 valence electrons. The molecule has 4 nitrogen and oxygen atoms in total. The van der Waals surface area contributed by atoms with E-state index in [4.69, 9.17) is 4.74 Å². The predicted octanol–water partition coefficient (Wildman–Crippen LogP) is 4.08. The Hall–Kier alpha value is -2.10. The lowest BCUT2D eigenvalue weighted by Crippen LogP contribution is -2.20. The third kappa shape index (κ3) is 5.35. The van der Waals surface area contributed by atoms with E-state index in [0.29, 0.717) is 12.2 Å². The Labute approximate surface area is 132 Å². The number of hydrazone groups is 1.